The number of anilines is 1. The Kier molecular flexibility index (Phi) is 5.96. The van der Waals surface area contributed by atoms with Gasteiger partial charge in [-0.05, 0) is 37.8 Å². The Labute approximate surface area is 136 Å². The second kappa shape index (κ2) is 7.94. The Balaban J connectivity index is 1.88. The minimum Gasteiger partial charge on any atom is -0.477 e. The van der Waals surface area contributed by atoms with Gasteiger partial charge in [-0.1, -0.05) is 19.9 Å². The number of carbonyl (C=O) groups is 2. The number of carboxylic acid groups (broad SMARTS) is 1. The largest absolute Gasteiger partial charge is 0.477 e. The van der Waals surface area contributed by atoms with E-state index in [1.165, 1.54) is 6.07 Å². The summed E-state index contributed by atoms with van der Waals surface area (Å²) >= 11 is 0. The van der Waals surface area contributed by atoms with Crippen LogP contribution in [0.25, 0.3) is 0 Å². The number of nitrogens with zero attached hydrogens (tertiary/aromatic N) is 2. The van der Waals surface area contributed by atoms with Crippen molar-refractivity contribution in [3.05, 3.63) is 23.9 Å². The fraction of sp³-hybridized carbons (Fsp3) is 0.588. The Morgan fingerprint density at radius 3 is 2.52 bits per heavy atom. The number of likely N-dealkylation sites (tertiary alicyclic amines) is 1. The number of hydrogen-bond acceptors (Lipinski definition) is 4. The predicted octanol–water partition coefficient (Wildman–Crippen LogP) is 2.62. The molecule has 1 fully saturated rings. The van der Waals surface area contributed by atoms with Crippen LogP contribution in [0.1, 0.15) is 50.0 Å². The fourth-order valence-electron chi connectivity index (χ4n) is 2.98. The standard InChI is InChI=1S/C17H25N3O3/c1-3-12(4-2)16(21)20-10-8-13(9-11-20)18-15-7-5-6-14(19-15)17(22)23/h5-7,12-13H,3-4,8-11H2,1-2H3,(H,18,19)(H,22,23). The van der Waals surface area contributed by atoms with Crippen LogP contribution in [-0.2, 0) is 4.79 Å². The van der Waals surface area contributed by atoms with Gasteiger partial charge in [-0.25, -0.2) is 9.78 Å². The molecule has 2 heterocycles. The molecule has 6 nitrogen and oxygen atoms in total. The van der Waals surface area contributed by atoms with Gasteiger partial charge in [0.05, 0.1) is 0 Å². The molecule has 1 aliphatic rings. The average Bonchev–Trinajstić information content (AvgIpc) is 2.56. The molecule has 0 bridgehead atoms. The molecule has 0 aliphatic carbocycles. The van der Waals surface area contributed by atoms with Gasteiger partial charge in [-0.15, -0.1) is 0 Å². The van der Waals surface area contributed by atoms with Crippen molar-refractivity contribution < 1.29 is 14.7 Å². The summed E-state index contributed by atoms with van der Waals surface area (Å²) in [7, 11) is 0. The molecule has 6 heteroatoms. The number of amides is 1. The van der Waals surface area contributed by atoms with E-state index in [1.54, 1.807) is 12.1 Å². The van der Waals surface area contributed by atoms with Gasteiger partial charge in [0.15, 0.2) is 5.69 Å². The summed E-state index contributed by atoms with van der Waals surface area (Å²) in [6.45, 7) is 5.60. The molecule has 0 radical (unpaired) electrons. The first kappa shape index (κ1) is 17.2. The lowest BCUT2D eigenvalue weighted by atomic mass is 9.98. The number of carbonyl (C=O) groups excluding carboxylic acids is 1. The first-order chi connectivity index (χ1) is 11.0. The third-order valence-corrected chi connectivity index (χ3v) is 4.46. The number of nitrogens with one attached hydrogen (secondary N) is 1. The second-order valence-corrected chi connectivity index (χ2v) is 5.97. The molecule has 23 heavy (non-hydrogen) atoms. The number of piperidine rings is 1. The summed E-state index contributed by atoms with van der Waals surface area (Å²) in [6.07, 6.45) is 3.48. The number of pyridine rings is 1. The van der Waals surface area contributed by atoms with Gasteiger partial charge in [0.1, 0.15) is 5.82 Å². The van der Waals surface area contributed by atoms with Crippen molar-refractivity contribution in [2.75, 3.05) is 18.4 Å². The normalized spacial score (nSPS) is 15.7. The zero-order valence-electron chi connectivity index (χ0n) is 13.8. The SMILES string of the molecule is CCC(CC)C(=O)N1CCC(Nc2cccc(C(=O)O)n2)CC1. The van der Waals surface area contributed by atoms with Gasteiger partial charge in [0, 0.05) is 25.0 Å². The molecule has 1 saturated heterocycles. The van der Waals surface area contributed by atoms with Crippen molar-refractivity contribution in [3.8, 4) is 0 Å². The highest BCUT2D eigenvalue weighted by Crippen LogP contribution is 2.19. The number of carboxylic acids is 1. The molecule has 0 aromatic carbocycles. The minimum absolute atomic E-state index is 0.0383. The topological polar surface area (TPSA) is 82.5 Å². The summed E-state index contributed by atoms with van der Waals surface area (Å²) in [5.74, 6) is -0.0539. The Bertz CT molecular complexity index is 550. The summed E-state index contributed by atoms with van der Waals surface area (Å²) in [4.78, 5) is 29.4. The quantitative estimate of drug-likeness (QED) is 0.842. The second-order valence-electron chi connectivity index (χ2n) is 5.97. The van der Waals surface area contributed by atoms with E-state index in [1.807, 2.05) is 4.90 Å². The molecule has 1 aromatic heterocycles. The molecular formula is C17H25N3O3. The van der Waals surface area contributed by atoms with Gasteiger partial charge in [-0.3, -0.25) is 4.79 Å². The van der Waals surface area contributed by atoms with Crippen LogP contribution >= 0.6 is 0 Å². The fourth-order valence-corrected chi connectivity index (χ4v) is 2.98. The number of aromatic carboxylic acids is 1. The van der Waals surface area contributed by atoms with Gasteiger partial charge >= 0.3 is 5.97 Å². The number of rotatable bonds is 6. The number of hydrogen-bond donors (Lipinski definition) is 2. The van der Waals surface area contributed by atoms with E-state index in [0.29, 0.717) is 5.82 Å². The minimum atomic E-state index is -1.03. The smallest absolute Gasteiger partial charge is 0.354 e. The van der Waals surface area contributed by atoms with E-state index in [-0.39, 0.29) is 23.6 Å². The average molecular weight is 319 g/mol. The highest BCUT2D eigenvalue weighted by atomic mass is 16.4. The Morgan fingerprint density at radius 2 is 1.96 bits per heavy atom. The molecule has 1 aromatic rings. The highest BCUT2D eigenvalue weighted by molar-refractivity contribution is 5.85. The van der Waals surface area contributed by atoms with Crippen LogP contribution in [0.5, 0.6) is 0 Å². The summed E-state index contributed by atoms with van der Waals surface area (Å²) < 4.78 is 0. The van der Waals surface area contributed by atoms with E-state index < -0.39 is 5.97 Å². The first-order valence-electron chi connectivity index (χ1n) is 8.30. The monoisotopic (exact) mass is 319 g/mol. The maximum absolute atomic E-state index is 12.4. The predicted molar refractivity (Wildman–Crippen MR) is 88.5 cm³/mol. The molecule has 0 atom stereocenters. The summed E-state index contributed by atoms with van der Waals surface area (Å²) in [5, 5.41) is 12.3. The molecule has 1 aliphatic heterocycles. The van der Waals surface area contributed by atoms with Crippen LogP contribution in [-0.4, -0.2) is 46.0 Å². The van der Waals surface area contributed by atoms with Gasteiger partial charge in [-0.2, -0.15) is 0 Å². The van der Waals surface area contributed by atoms with Crippen molar-refractivity contribution in [2.24, 2.45) is 5.92 Å². The van der Waals surface area contributed by atoms with Crippen LogP contribution in [0, 0.1) is 5.92 Å². The van der Waals surface area contributed by atoms with Gasteiger partial charge in [0.25, 0.3) is 0 Å². The Hall–Kier alpha value is -2.11. The maximum atomic E-state index is 12.4. The van der Waals surface area contributed by atoms with Crippen LogP contribution in [0.3, 0.4) is 0 Å². The van der Waals surface area contributed by atoms with E-state index >= 15 is 0 Å². The lowest BCUT2D eigenvalue weighted by molar-refractivity contribution is -0.136. The molecule has 1 amide bonds. The summed E-state index contributed by atoms with van der Waals surface area (Å²) in [5.41, 5.74) is 0.0383. The lowest BCUT2D eigenvalue weighted by Gasteiger charge is -2.34. The van der Waals surface area contributed by atoms with Gasteiger partial charge in [0.2, 0.25) is 5.91 Å². The van der Waals surface area contributed by atoms with Crippen molar-refractivity contribution >= 4 is 17.7 Å². The third kappa shape index (κ3) is 4.43. The van der Waals surface area contributed by atoms with E-state index in [4.69, 9.17) is 5.11 Å². The maximum Gasteiger partial charge on any atom is 0.354 e. The third-order valence-electron chi connectivity index (χ3n) is 4.46. The van der Waals surface area contributed by atoms with Crippen molar-refractivity contribution in [1.82, 2.24) is 9.88 Å². The van der Waals surface area contributed by atoms with Crippen molar-refractivity contribution in [1.29, 1.82) is 0 Å². The van der Waals surface area contributed by atoms with Crippen molar-refractivity contribution in [3.63, 3.8) is 0 Å². The number of aromatic nitrogens is 1. The lowest BCUT2D eigenvalue weighted by Crippen LogP contribution is -2.44. The molecule has 0 unspecified atom stereocenters. The zero-order chi connectivity index (χ0) is 16.8. The van der Waals surface area contributed by atoms with Gasteiger partial charge < -0.3 is 15.3 Å². The molecule has 2 N–H and O–H groups in total. The van der Waals surface area contributed by atoms with E-state index in [2.05, 4.69) is 24.1 Å². The van der Waals surface area contributed by atoms with Crippen molar-refractivity contribution in [2.45, 2.75) is 45.6 Å². The summed E-state index contributed by atoms with van der Waals surface area (Å²) in [6, 6.07) is 5.15. The molecule has 2 rings (SSSR count). The highest BCUT2D eigenvalue weighted by Gasteiger charge is 2.26. The molecule has 126 valence electrons. The van der Waals surface area contributed by atoms with E-state index in [9.17, 15) is 9.59 Å². The Morgan fingerprint density at radius 1 is 1.30 bits per heavy atom. The molecular weight excluding hydrogens is 294 g/mol. The van der Waals surface area contributed by atoms with Crippen LogP contribution < -0.4 is 5.32 Å². The van der Waals surface area contributed by atoms with Crippen LogP contribution in [0.2, 0.25) is 0 Å². The zero-order valence-corrected chi connectivity index (χ0v) is 13.8. The molecule has 0 saturated carbocycles. The van der Waals surface area contributed by atoms with Crippen LogP contribution in [0.4, 0.5) is 5.82 Å². The molecule has 0 spiro atoms. The first-order valence-corrected chi connectivity index (χ1v) is 8.30. The van der Waals surface area contributed by atoms with E-state index in [0.717, 1.165) is 38.8 Å². The van der Waals surface area contributed by atoms with Crippen LogP contribution in [0.15, 0.2) is 18.2 Å².